The molecule has 1 amide bonds. The average molecular weight is 617 g/mol. The van der Waals surface area contributed by atoms with Crippen LogP contribution in [-0.4, -0.2) is 67.5 Å². The number of esters is 1. The Bertz CT molecular complexity index is 1420. The third kappa shape index (κ3) is 9.15. The Labute approximate surface area is 265 Å². The van der Waals surface area contributed by atoms with Crippen molar-refractivity contribution < 1.29 is 33.6 Å². The van der Waals surface area contributed by atoms with E-state index in [-0.39, 0.29) is 25.4 Å². The standard InChI is InChI=1S/C36H44N2O7/c1-35(2,3)45-31(40)20-21-36(34(41)37-22-8-24-42-4)32(28-14-12-27(13-15-28)26-10-6-5-7-11-26)44-33(38-36)29-16-18-30(19-17-29)43-25-9-23-39/h5-7,10-19,32,39H,8-9,20-25H2,1-4H3,(H,37,41)/t32-,36-/m1/s1. The lowest BCUT2D eigenvalue weighted by Crippen LogP contribution is -2.49. The van der Waals surface area contributed by atoms with Gasteiger partial charge in [-0.2, -0.15) is 0 Å². The molecule has 0 bridgehead atoms. The number of amides is 1. The van der Waals surface area contributed by atoms with Crippen molar-refractivity contribution in [1.29, 1.82) is 0 Å². The van der Waals surface area contributed by atoms with Gasteiger partial charge in [-0.05, 0) is 74.6 Å². The second kappa shape index (κ2) is 15.7. The van der Waals surface area contributed by atoms with Gasteiger partial charge in [-0.3, -0.25) is 9.59 Å². The maximum absolute atomic E-state index is 14.1. The minimum Gasteiger partial charge on any atom is -0.494 e. The monoisotopic (exact) mass is 616 g/mol. The van der Waals surface area contributed by atoms with E-state index in [0.717, 1.165) is 16.7 Å². The lowest BCUT2D eigenvalue weighted by molar-refractivity contribution is -0.155. The Morgan fingerprint density at radius 2 is 1.58 bits per heavy atom. The topological polar surface area (TPSA) is 116 Å². The van der Waals surface area contributed by atoms with Crippen molar-refractivity contribution in [3.63, 3.8) is 0 Å². The summed E-state index contributed by atoms with van der Waals surface area (Å²) in [4.78, 5) is 32.0. The van der Waals surface area contributed by atoms with Gasteiger partial charge in [0.25, 0.3) is 5.91 Å². The lowest BCUT2D eigenvalue weighted by Gasteiger charge is -2.31. The number of nitrogens with one attached hydrogen (secondary N) is 1. The van der Waals surface area contributed by atoms with Crippen LogP contribution in [0.3, 0.4) is 0 Å². The van der Waals surface area contributed by atoms with Crippen LogP contribution in [0.4, 0.5) is 0 Å². The number of nitrogens with zero attached hydrogens (tertiary/aromatic N) is 1. The fourth-order valence-electron chi connectivity index (χ4n) is 5.11. The van der Waals surface area contributed by atoms with Crippen molar-refractivity contribution in [2.75, 3.05) is 33.5 Å². The molecular formula is C36H44N2O7. The van der Waals surface area contributed by atoms with Gasteiger partial charge in [0, 0.05) is 45.3 Å². The fourth-order valence-corrected chi connectivity index (χ4v) is 5.11. The SMILES string of the molecule is COCCCNC(=O)[C@]1(CCC(=O)OC(C)(C)C)N=C(c2ccc(OCCCO)cc2)O[C@@H]1c1ccc(-c2ccccc2)cc1. The van der Waals surface area contributed by atoms with Crippen molar-refractivity contribution in [2.45, 2.75) is 63.7 Å². The van der Waals surface area contributed by atoms with Gasteiger partial charge in [0.1, 0.15) is 11.4 Å². The molecule has 3 aromatic carbocycles. The van der Waals surface area contributed by atoms with E-state index < -0.39 is 23.2 Å². The summed E-state index contributed by atoms with van der Waals surface area (Å²) in [6, 6.07) is 25.2. The van der Waals surface area contributed by atoms with Crippen LogP contribution in [0.5, 0.6) is 5.75 Å². The first-order valence-corrected chi connectivity index (χ1v) is 15.4. The maximum Gasteiger partial charge on any atom is 0.306 e. The number of aliphatic hydroxyl groups is 1. The molecule has 0 aromatic heterocycles. The van der Waals surface area contributed by atoms with Crippen molar-refractivity contribution in [3.05, 3.63) is 90.0 Å². The number of ether oxygens (including phenoxy) is 4. The predicted octanol–water partition coefficient (Wildman–Crippen LogP) is 5.65. The molecule has 9 nitrogen and oxygen atoms in total. The quantitative estimate of drug-likeness (QED) is 0.168. The van der Waals surface area contributed by atoms with Crippen molar-refractivity contribution in [3.8, 4) is 16.9 Å². The molecular weight excluding hydrogens is 572 g/mol. The minimum atomic E-state index is -1.44. The predicted molar refractivity (Wildman–Crippen MR) is 173 cm³/mol. The average Bonchev–Trinajstić information content (AvgIpc) is 3.43. The smallest absolute Gasteiger partial charge is 0.306 e. The van der Waals surface area contributed by atoms with Crippen LogP contribution >= 0.6 is 0 Å². The Hall–Kier alpha value is -4.21. The Morgan fingerprint density at radius 1 is 0.911 bits per heavy atom. The number of carbonyl (C=O) groups excluding carboxylic acids is 2. The summed E-state index contributed by atoms with van der Waals surface area (Å²) < 4.78 is 23.0. The van der Waals surface area contributed by atoms with Gasteiger partial charge in [-0.1, -0.05) is 54.6 Å². The summed E-state index contributed by atoms with van der Waals surface area (Å²) in [5.74, 6) is 0.190. The Morgan fingerprint density at radius 3 is 2.22 bits per heavy atom. The Kier molecular flexibility index (Phi) is 11.7. The van der Waals surface area contributed by atoms with E-state index in [1.165, 1.54) is 0 Å². The zero-order valence-electron chi connectivity index (χ0n) is 26.6. The number of benzene rings is 3. The molecule has 0 saturated heterocycles. The molecule has 4 rings (SSSR count). The fraction of sp³-hybridized carbons (Fsp3) is 0.417. The highest BCUT2D eigenvalue weighted by Crippen LogP contribution is 2.44. The van der Waals surface area contributed by atoms with E-state index >= 15 is 0 Å². The minimum absolute atomic E-state index is 0.0286. The van der Waals surface area contributed by atoms with Crippen LogP contribution in [0.15, 0.2) is 83.9 Å². The number of carbonyl (C=O) groups is 2. The van der Waals surface area contributed by atoms with Crippen LogP contribution in [-0.2, 0) is 23.8 Å². The Balaban J connectivity index is 1.71. The molecule has 1 aliphatic heterocycles. The number of rotatable bonds is 15. The molecule has 0 fully saturated rings. The first-order valence-electron chi connectivity index (χ1n) is 15.4. The third-order valence-electron chi connectivity index (χ3n) is 7.29. The first kappa shape index (κ1) is 33.7. The lowest BCUT2D eigenvalue weighted by atomic mass is 9.83. The number of hydrogen-bond acceptors (Lipinski definition) is 8. The highest BCUT2D eigenvalue weighted by Gasteiger charge is 2.53. The van der Waals surface area contributed by atoms with Gasteiger partial charge in [0.15, 0.2) is 11.6 Å². The van der Waals surface area contributed by atoms with Gasteiger partial charge in [-0.15, -0.1) is 0 Å². The molecule has 0 saturated carbocycles. The highest BCUT2D eigenvalue weighted by atomic mass is 16.6. The summed E-state index contributed by atoms with van der Waals surface area (Å²) in [5, 5.41) is 12.1. The normalized spacial score (nSPS) is 17.7. The summed E-state index contributed by atoms with van der Waals surface area (Å²) in [6.45, 7) is 6.75. The van der Waals surface area contributed by atoms with E-state index in [4.69, 9.17) is 29.0 Å². The van der Waals surface area contributed by atoms with Crippen molar-refractivity contribution in [1.82, 2.24) is 5.32 Å². The van der Waals surface area contributed by atoms with E-state index in [0.29, 0.717) is 49.8 Å². The first-order chi connectivity index (χ1) is 21.6. The molecule has 3 aromatic rings. The summed E-state index contributed by atoms with van der Waals surface area (Å²) in [6.07, 6.45) is 0.397. The van der Waals surface area contributed by atoms with E-state index in [9.17, 15) is 9.59 Å². The van der Waals surface area contributed by atoms with Crippen LogP contribution in [0.1, 0.15) is 63.7 Å². The zero-order chi connectivity index (χ0) is 32.3. The second-order valence-corrected chi connectivity index (χ2v) is 12.0. The van der Waals surface area contributed by atoms with Crippen molar-refractivity contribution in [2.24, 2.45) is 4.99 Å². The number of methoxy groups -OCH3 is 1. The molecule has 240 valence electrons. The van der Waals surface area contributed by atoms with Crippen LogP contribution in [0.25, 0.3) is 11.1 Å². The molecule has 1 heterocycles. The summed E-state index contributed by atoms with van der Waals surface area (Å²) >= 11 is 0. The van der Waals surface area contributed by atoms with E-state index in [1.54, 1.807) is 19.2 Å². The molecule has 9 heteroatoms. The van der Waals surface area contributed by atoms with Gasteiger partial charge in [0.2, 0.25) is 5.90 Å². The molecule has 1 aliphatic rings. The molecule has 2 N–H and O–H groups in total. The molecule has 45 heavy (non-hydrogen) atoms. The third-order valence-corrected chi connectivity index (χ3v) is 7.29. The van der Waals surface area contributed by atoms with E-state index in [2.05, 4.69) is 5.32 Å². The molecule has 2 atom stereocenters. The highest BCUT2D eigenvalue weighted by molar-refractivity contribution is 6.01. The van der Waals surface area contributed by atoms with Gasteiger partial charge < -0.3 is 29.4 Å². The van der Waals surface area contributed by atoms with Crippen LogP contribution in [0, 0.1) is 0 Å². The van der Waals surface area contributed by atoms with E-state index in [1.807, 2.05) is 87.5 Å². The zero-order valence-corrected chi connectivity index (χ0v) is 26.6. The summed E-state index contributed by atoms with van der Waals surface area (Å²) in [7, 11) is 1.61. The molecule has 0 aliphatic carbocycles. The van der Waals surface area contributed by atoms with Crippen molar-refractivity contribution >= 4 is 17.8 Å². The second-order valence-electron chi connectivity index (χ2n) is 12.0. The summed E-state index contributed by atoms with van der Waals surface area (Å²) in [5.41, 5.74) is 1.42. The van der Waals surface area contributed by atoms with Gasteiger partial charge in [-0.25, -0.2) is 4.99 Å². The largest absolute Gasteiger partial charge is 0.494 e. The number of hydrogen-bond donors (Lipinski definition) is 2. The van der Waals surface area contributed by atoms with Gasteiger partial charge in [0.05, 0.1) is 6.61 Å². The van der Waals surface area contributed by atoms with Crippen LogP contribution < -0.4 is 10.1 Å². The molecule has 0 spiro atoms. The number of aliphatic hydroxyl groups excluding tert-OH is 1. The number of aliphatic imine (C=N–C) groups is 1. The van der Waals surface area contributed by atoms with Crippen LogP contribution in [0.2, 0.25) is 0 Å². The van der Waals surface area contributed by atoms with Gasteiger partial charge >= 0.3 is 5.97 Å². The molecule has 0 unspecified atom stereocenters. The molecule has 0 radical (unpaired) electrons. The maximum atomic E-state index is 14.1.